The lowest BCUT2D eigenvalue weighted by molar-refractivity contribution is 0.475. The highest BCUT2D eigenvalue weighted by molar-refractivity contribution is 9.10. The number of phenols is 1. The Bertz CT molecular complexity index is 1270. The van der Waals surface area contributed by atoms with E-state index in [1.165, 1.54) is 0 Å². The van der Waals surface area contributed by atoms with Crippen LogP contribution in [0, 0.1) is 6.92 Å². The van der Waals surface area contributed by atoms with Crippen molar-refractivity contribution in [3.63, 3.8) is 0 Å². The average molecular weight is 436 g/mol. The largest absolute Gasteiger partial charge is 0.507 e. The number of halogens is 1. The van der Waals surface area contributed by atoms with Gasteiger partial charge in [-0.05, 0) is 48.0 Å². The molecule has 3 aromatic carbocycles. The highest BCUT2D eigenvalue weighted by Gasteiger charge is 2.15. The highest BCUT2D eigenvalue weighted by Crippen LogP contribution is 2.28. The summed E-state index contributed by atoms with van der Waals surface area (Å²) in [7, 11) is 1.83. The van der Waals surface area contributed by atoms with E-state index in [2.05, 4.69) is 20.9 Å². The lowest BCUT2D eigenvalue weighted by Gasteiger charge is -2.07. The molecule has 1 heterocycles. The standard InChI is InChI=1S/C22H18BrN3O2/c1-14-21(22(28)26(25(14)2)17-6-4-3-5-7-17)24-13-19-18-10-9-16(23)12-15(18)8-11-20(19)27/h3-13,27H,1-2H3. The molecule has 0 unspecified atom stereocenters. The number of benzene rings is 3. The van der Waals surface area contributed by atoms with Gasteiger partial charge in [0, 0.05) is 23.3 Å². The van der Waals surface area contributed by atoms with E-state index in [1.54, 1.807) is 21.6 Å². The van der Waals surface area contributed by atoms with Crippen molar-refractivity contribution < 1.29 is 5.11 Å². The van der Waals surface area contributed by atoms with E-state index >= 15 is 0 Å². The summed E-state index contributed by atoms with van der Waals surface area (Å²) in [5.74, 6) is 0.121. The van der Waals surface area contributed by atoms with E-state index in [4.69, 9.17) is 0 Å². The summed E-state index contributed by atoms with van der Waals surface area (Å²) in [5, 5.41) is 12.2. The number of aromatic hydroxyl groups is 1. The maximum atomic E-state index is 13.0. The molecule has 0 aliphatic heterocycles. The van der Waals surface area contributed by atoms with Crippen LogP contribution < -0.4 is 5.56 Å². The first-order valence-corrected chi connectivity index (χ1v) is 9.56. The Kier molecular flexibility index (Phi) is 4.65. The molecule has 4 rings (SSSR count). The van der Waals surface area contributed by atoms with Crippen molar-refractivity contribution in [2.45, 2.75) is 6.92 Å². The van der Waals surface area contributed by atoms with Crippen molar-refractivity contribution in [2.24, 2.45) is 12.0 Å². The summed E-state index contributed by atoms with van der Waals surface area (Å²) in [6.07, 6.45) is 1.56. The van der Waals surface area contributed by atoms with E-state index in [-0.39, 0.29) is 11.3 Å². The van der Waals surface area contributed by atoms with Gasteiger partial charge < -0.3 is 5.11 Å². The third-order valence-electron chi connectivity index (χ3n) is 4.85. The lowest BCUT2D eigenvalue weighted by atomic mass is 10.0. The highest BCUT2D eigenvalue weighted by atomic mass is 79.9. The first kappa shape index (κ1) is 18.3. The predicted octanol–water partition coefficient (Wildman–Crippen LogP) is 4.86. The zero-order chi connectivity index (χ0) is 19.8. The number of hydrogen-bond donors (Lipinski definition) is 1. The van der Waals surface area contributed by atoms with Gasteiger partial charge in [0.1, 0.15) is 5.75 Å². The van der Waals surface area contributed by atoms with E-state index in [9.17, 15) is 9.90 Å². The van der Waals surface area contributed by atoms with Crippen molar-refractivity contribution in [1.82, 2.24) is 9.36 Å². The Morgan fingerprint density at radius 3 is 2.57 bits per heavy atom. The second-order valence-corrected chi connectivity index (χ2v) is 7.45. The molecule has 0 aliphatic rings. The molecule has 0 bridgehead atoms. The Labute approximate surface area is 170 Å². The Morgan fingerprint density at radius 1 is 1.07 bits per heavy atom. The van der Waals surface area contributed by atoms with Crippen LogP contribution in [-0.2, 0) is 7.05 Å². The van der Waals surface area contributed by atoms with Gasteiger partial charge in [-0.1, -0.05) is 46.3 Å². The monoisotopic (exact) mass is 435 g/mol. The molecule has 1 N–H and O–H groups in total. The molecule has 4 aromatic rings. The number of nitrogens with zero attached hydrogens (tertiary/aromatic N) is 3. The van der Waals surface area contributed by atoms with Crippen LogP contribution in [0.2, 0.25) is 0 Å². The number of hydrogen-bond acceptors (Lipinski definition) is 3. The van der Waals surface area contributed by atoms with Crippen molar-refractivity contribution >= 4 is 38.6 Å². The predicted molar refractivity (Wildman–Crippen MR) is 116 cm³/mol. The molecule has 1 aromatic heterocycles. The van der Waals surface area contributed by atoms with E-state index < -0.39 is 0 Å². The minimum atomic E-state index is -0.204. The van der Waals surface area contributed by atoms with Gasteiger partial charge in [-0.15, -0.1) is 0 Å². The zero-order valence-electron chi connectivity index (χ0n) is 15.4. The minimum Gasteiger partial charge on any atom is -0.507 e. The van der Waals surface area contributed by atoms with Gasteiger partial charge in [-0.3, -0.25) is 9.48 Å². The number of fused-ring (bicyclic) bond motifs is 1. The number of aromatic nitrogens is 2. The Hall–Kier alpha value is -3.12. The normalized spacial score (nSPS) is 11.5. The number of para-hydroxylation sites is 1. The smallest absolute Gasteiger partial charge is 0.297 e. The third-order valence-corrected chi connectivity index (χ3v) is 5.34. The molecule has 0 amide bonds. The van der Waals surface area contributed by atoms with E-state index in [0.29, 0.717) is 11.3 Å². The molecule has 0 fully saturated rings. The van der Waals surface area contributed by atoms with Crippen molar-refractivity contribution in [1.29, 1.82) is 0 Å². The third kappa shape index (κ3) is 3.05. The van der Waals surface area contributed by atoms with Gasteiger partial charge in [-0.25, -0.2) is 9.67 Å². The van der Waals surface area contributed by atoms with Crippen LogP contribution in [0.25, 0.3) is 16.5 Å². The number of rotatable bonds is 3. The SMILES string of the molecule is Cc1c(N=Cc2c(O)ccc3cc(Br)ccc23)c(=O)n(-c2ccccc2)n1C. The van der Waals surface area contributed by atoms with Gasteiger partial charge in [0.25, 0.3) is 5.56 Å². The van der Waals surface area contributed by atoms with Crippen molar-refractivity contribution in [2.75, 3.05) is 0 Å². The summed E-state index contributed by atoms with van der Waals surface area (Å²) < 4.78 is 4.32. The van der Waals surface area contributed by atoms with Crippen LogP contribution in [0.5, 0.6) is 5.75 Å². The molecule has 28 heavy (non-hydrogen) atoms. The van der Waals surface area contributed by atoms with Crippen LogP contribution in [-0.4, -0.2) is 20.7 Å². The summed E-state index contributed by atoms with van der Waals surface area (Å²) in [6.45, 7) is 1.85. The maximum Gasteiger partial charge on any atom is 0.297 e. The van der Waals surface area contributed by atoms with Crippen molar-refractivity contribution in [3.05, 3.63) is 86.7 Å². The molecular formula is C22H18BrN3O2. The van der Waals surface area contributed by atoms with Crippen LogP contribution >= 0.6 is 15.9 Å². The summed E-state index contributed by atoms with van der Waals surface area (Å²) in [5.41, 5.74) is 2.24. The van der Waals surface area contributed by atoms with Crippen LogP contribution in [0.3, 0.4) is 0 Å². The summed E-state index contributed by atoms with van der Waals surface area (Å²) in [6, 6.07) is 18.7. The molecule has 5 nitrogen and oxygen atoms in total. The molecule has 0 saturated carbocycles. The molecular weight excluding hydrogens is 418 g/mol. The van der Waals surface area contributed by atoms with Gasteiger partial charge in [0.05, 0.1) is 11.4 Å². The Morgan fingerprint density at radius 2 is 1.82 bits per heavy atom. The summed E-state index contributed by atoms with van der Waals surface area (Å²) >= 11 is 3.46. The van der Waals surface area contributed by atoms with Gasteiger partial charge in [0.2, 0.25) is 0 Å². The molecule has 0 aliphatic carbocycles. The first-order chi connectivity index (χ1) is 13.5. The summed E-state index contributed by atoms with van der Waals surface area (Å²) in [4.78, 5) is 17.5. The lowest BCUT2D eigenvalue weighted by Crippen LogP contribution is -2.19. The van der Waals surface area contributed by atoms with Crippen LogP contribution in [0.15, 0.2) is 74.9 Å². The quantitative estimate of drug-likeness (QED) is 0.467. The van der Waals surface area contributed by atoms with Crippen molar-refractivity contribution in [3.8, 4) is 11.4 Å². The second kappa shape index (κ2) is 7.13. The van der Waals surface area contributed by atoms with Crippen LogP contribution in [0.4, 0.5) is 5.69 Å². The number of phenolic OH excluding ortho intramolecular Hbond substituents is 1. The fraction of sp³-hybridized carbons (Fsp3) is 0.0909. The molecule has 0 atom stereocenters. The molecule has 140 valence electrons. The molecule has 0 spiro atoms. The molecule has 0 radical (unpaired) electrons. The second-order valence-electron chi connectivity index (χ2n) is 6.53. The van der Waals surface area contributed by atoms with Gasteiger partial charge in [-0.2, -0.15) is 0 Å². The Balaban J connectivity index is 1.85. The van der Waals surface area contributed by atoms with Gasteiger partial charge in [0.15, 0.2) is 5.69 Å². The molecule has 6 heteroatoms. The topological polar surface area (TPSA) is 59.5 Å². The van der Waals surface area contributed by atoms with Crippen LogP contribution in [0.1, 0.15) is 11.3 Å². The number of aliphatic imine (C=N–C) groups is 1. The van der Waals surface area contributed by atoms with E-state index in [0.717, 1.165) is 26.6 Å². The fourth-order valence-electron chi connectivity index (χ4n) is 3.28. The molecule has 0 saturated heterocycles. The maximum absolute atomic E-state index is 13.0. The van der Waals surface area contributed by atoms with Gasteiger partial charge >= 0.3 is 0 Å². The zero-order valence-corrected chi connectivity index (χ0v) is 17.0. The minimum absolute atomic E-state index is 0.121. The fourth-order valence-corrected chi connectivity index (χ4v) is 3.66. The van der Waals surface area contributed by atoms with E-state index in [1.807, 2.05) is 68.6 Å². The first-order valence-electron chi connectivity index (χ1n) is 8.76. The average Bonchev–Trinajstić information content (AvgIpc) is 2.90.